The highest BCUT2D eigenvalue weighted by Crippen LogP contribution is 2.22. The van der Waals surface area contributed by atoms with Crippen LogP contribution >= 0.6 is 0 Å². The monoisotopic (exact) mass is 309 g/mol. The van der Waals surface area contributed by atoms with Crippen LogP contribution in [0.1, 0.15) is 12.8 Å². The van der Waals surface area contributed by atoms with Crippen molar-refractivity contribution in [2.45, 2.75) is 12.8 Å². The van der Waals surface area contributed by atoms with Gasteiger partial charge in [-0.2, -0.15) is 0 Å². The fourth-order valence-corrected chi connectivity index (χ4v) is 2.85. The lowest BCUT2D eigenvalue weighted by Crippen LogP contribution is -2.41. The molecule has 0 unspecified atom stereocenters. The second-order valence-corrected chi connectivity index (χ2v) is 5.54. The Kier molecular flexibility index (Phi) is 3.96. The van der Waals surface area contributed by atoms with E-state index in [4.69, 9.17) is 0 Å². The van der Waals surface area contributed by atoms with Crippen LogP contribution in [0.4, 0.5) is 19.3 Å². The standard InChI is InChI=1S/C15H17F2N3O2/c16-12-4-3-11(9-13(12)17)20-8-7-19(15(20)22)10-14(21)18-5-1-2-6-18/h3-4,9H,1-2,5-8,10H2. The van der Waals surface area contributed by atoms with E-state index in [9.17, 15) is 18.4 Å². The molecule has 2 aliphatic rings. The third-order valence-corrected chi connectivity index (χ3v) is 4.09. The predicted molar refractivity (Wildman–Crippen MR) is 76.5 cm³/mol. The number of hydrogen-bond donors (Lipinski definition) is 0. The molecule has 7 heteroatoms. The predicted octanol–water partition coefficient (Wildman–Crippen LogP) is 1.83. The molecule has 2 fully saturated rings. The SMILES string of the molecule is O=C(CN1CCN(c2ccc(F)c(F)c2)C1=O)N1CCCC1. The van der Waals surface area contributed by atoms with E-state index in [-0.39, 0.29) is 18.5 Å². The third-order valence-electron chi connectivity index (χ3n) is 4.09. The molecule has 1 aromatic carbocycles. The van der Waals surface area contributed by atoms with Gasteiger partial charge in [0.25, 0.3) is 0 Å². The molecule has 2 heterocycles. The molecule has 0 N–H and O–H groups in total. The van der Waals surface area contributed by atoms with Crippen LogP contribution in [-0.2, 0) is 4.79 Å². The molecule has 118 valence electrons. The molecule has 0 radical (unpaired) electrons. The minimum Gasteiger partial charge on any atom is -0.341 e. The van der Waals surface area contributed by atoms with Gasteiger partial charge in [0.15, 0.2) is 11.6 Å². The number of rotatable bonds is 3. The van der Waals surface area contributed by atoms with Crippen LogP contribution < -0.4 is 4.90 Å². The summed E-state index contributed by atoms with van der Waals surface area (Å²) in [4.78, 5) is 29.0. The van der Waals surface area contributed by atoms with Gasteiger partial charge in [-0.1, -0.05) is 0 Å². The maximum absolute atomic E-state index is 13.3. The average Bonchev–Trinajstić information content (AvgIpc) is 3.13. The minimum atomic E-state index is -0.989. The van der Waals surface area contributed by atoms with Crippen molar-refractivity contribution in [2.75, 3.05) is 37.6 Å². The number of urea groups is 1. The first-order chi connectivity index (χ1) is 10.6. The number of anilines is 1. The smallest absolute Gasteiger partial charge is 0.325 e. The number of hydrogen-bond acceptors (Lipinski definition) is 2. The van der Waals surface area contributed by atoms with Gasteiger partial charge >= 0.3 is 6.03 Å². The van der Waals surface area contributed by atoms with Gasteiger partial charge in [0, 0.05) is 37.9 Å². The Morgan fingerprint density at radius 3 is 2.45 bits per heavy atom. The largest absolute Gasteiger partial charge is 0.341 e. The molecular formula is C15H17F2N3O2. The van der Waals surface area contributed by atoms with E-state index in [1.54, 1.807) is 4.90 Å². The highest BCUT2D eigenvalue weighted by molar-refractivity contribution is 5.96. The molecule has 0 spiro atoms. The molecule has 22 heavy (non-hydrogen) atoms. The minimum absolute atomic E-state index is 0.0407. The van der Waals surface area contributed by atoms with Gasteiger partial charge in [-0.05, 0) is 25.0 Å². The van der Waals surface area contributed by atoms with Gasteiger partial charge < -0.3 is 9.80 Å². The van der Waals surface area contributed by atoms with Crippen molar-refractivity contribution in [1.82, 2.24) is 9.80 Å². The lowest BCUT2D eigenvalue weighted by Gasteiger charge is -2.21. The molecule has 0 bridgehead atoms. The zero-order chi connectivity index (χ0) is 15.7. The Hall–Kier alpha value is -2.18. The van der Waals surface area contributed by atoms with E-state index in [1.165, 1.54) is 15.9 Å². The quantitative estimate of drug-likeness (QED) is 0.855. The van der Waals surface area contributed by atoms with Crippen molar-refractivity contribution in [3.8, 4) is 0 Å². The maximum atomic E-state index is 13.3. The second-order valence-electron chi connectivity index (χ2n) is 5.54. The summed E-state index contributed by atoms with van der Waals surface area (Å²) < 4.78 is 26.2. The molecule has 0 saturated carbocycles. The molecule has 2 aliphatic heterocycles. The van der Waals surface area contributed by atoms with Crippen molar-refractivity contribution in [1.29, 1.82) is 0 Å². The zero-order valence-electron chi connectivity index (χ0n) is 12.1. The van der Waals surface area contributed by atoms with Crippen molar-refractivity contribution < 1.29 is 18.4 Å². The number of nitrogens with zero attached hydrogens (tertiary/aromatic N) is 3. The second kappa shape index (κ2) is 5.90. The molecule has 0 aliphatic carbocycles. The average molecular weight is 309 g/mol. The van der Waals surface area contributed by atoms with Gasteiger partial charge in [-0.15, -0.1) is 0 Å². The molecule has 2 saturated heterocycles. The lowest BCUT2D eigenvalue weighted by atomic mass is 10.3. The van der Waals surface area contributed by atoms with E-state index in [1.807, 2.05) is 0 Å². The van der Waals surface area contributed by atoms with Crippen LogP contribution in [0.3, 0.4) is 0 Å². The van der Waals surface area contributed by atoms with Crippen LogP contribution in [0.5, 0.6) is 0 Å². The van der Waals surface area contributed by atoms with Gasteiger partial charge in [0.05, 0.1) is 0 Å². The molecular weight excluding hydrogens is 292 g/mol. The van der Waals surface area contributed by atoms with E-state index in [0.29, 0.717) is 18.8 Å². The number of benzene rings is 1. The van der Waals surface area contributed by atoms with Crippen molar-refractivity contribution >= 4 is 17.6 Å². The summed E-state index contributed by atoms with van der Waals surface area (Å²) in [5.41, 5.74) is 0.306. The summed E-state index contributed by atoms with van der Waals surface area (Å²) in [6.07, 6.45) is 2.00. The van der Waals surface area contributed by atoms with Gasteiger partial charge in [0.1, 0.15) is 6.54 Å². The fraction of sp³-hybridized carbons (Fsp3) is 0.467. The Morgan fingerprint density at radius 2 is 1.77 bits per heavy atom. The first-order valence-corrected chi connectivity index (χ1v) is 7.35. The van der Waals surface area contributed by atoms with Crippen LogP contribution in [0, 0.1) is 11.6 Å². The van der Waals surface area contributed by atoms with Gasteiger partial charge in [-0.3, -0.25) is 9.69 Å². The lowest BCUT2D eigenvalue weighted by molar-refractivity contribution is -0.130. The maximum Gasteiger partial charge on any atom is 0.325 e. The summed E-state index contributed by atoms with van der Waals surface area (Å²) in [6.45, 7) is 2.29. The molecule has 3 amide bonds. The van der Waals surface area contributed by atoms with Crippen LogP contribution in [0.2, 0.25) is 0 Å². The number of likely N-dealkylation sites (tertiary alicyclic amines) is 1. The Bertz CT molecular complexity index is 602. The molecule has 1 aromatic rings. The normalized spacial score (nSPS) is 18.5. The summed E-state index contributed by atoms with van der Waals surface area (Å²) >= 11 is 0. The molecule has 0 atom stereocenters. The Labute approximate surface area is 127 Å². The molecule has 5 nitrogen and oxygen atoms in total. The first kappa shape index (κ1) is 14.7. The third kappa shape index (κ3) is 2.75. The number of carbonyl (C=O) groups is 2. The Balaban J connectivity index is 1.66. The summed E-state index contributed by atoms with van der Waals surface area (Å²) in [5.74, 6) is -1.99. The highest BCUT2D eigenvalue weighted by Gasteiger charge is 2.32. The Morgan fingerprint density at radius 1 is 1.05 bits per heavy atom. The van der Waals surface area contributed by atoms with E-state index in [2.05, 4.69) is 0 Å². The zero-order valence-corrected chi connectivity index (χ0v) is 12.1. The number of amides is 3. The first-order valence-electron chi connectivity index (χ1n) is 7.35. The molecule has 3 rings (SSSR count). The van der Waals surface area contributed by atoms with Crippen molar-refractivity contribution in [3.05, 3.63) is 29.8 Å². The van der Waals surface area contributed by atoms with Crippen molar-refractivity contribution in [2.24, 2.45) is 0 Å². The van der Waals surface area contributed by atoms with Crippen LogP contribution in [0.15, 0.2) is 18.2 Å². The number of halogens is 2. The topological polar surface area (TPSA) is 43.9 Å². The van der Waals surface area contributed by atoms with E-state index >= 15 is 0 Å². The van der Waals surface area contributed by atoms with Crippen molar-refractivity contribution in [3.63, 3.8) is 0 Å². The molecule has 0 aromatic heterocycles. The van der Waals surface area contributed by atoms with E-state index in [0.717, 1.165) is 38.1 Å². The number of carbonyl (C=O) groups excluding carboxylic acids is 2. The van der Waals surface area contributed by atoms with Crippen LogP contribution in [0.25, 0.3) is 0 Å². The summed E-state index contributed by atoms with van der Waals surface area (Å²) in [7, 11) is 0. The van der Waals surface area contributed by atoms with Gasteiger partial charge in [0.2, 0.25) is 5.91 Å². The summed E-state index contributed by atoms with van der Waals surface area (Å²) in [5, 5.41) is 0. The summed E-state index contributed by atoms with van der Waals surface area (Å²) in [6, 6.07) is 3.01. The highest BCUT2D eigenvalue weighted by atomic mass is 19.2. The van der Waals surface area contributed by atoms with Crippen LogP contribution in [-0.4, -0.2) is 54.5 Å². The van der Waals surface area contributed by atoms with Gasteiger partial charge in [-0.25, -0.2) is 13.6 Å². The van der Waals surface area contributed by atoms with E-state index < -0.39 is 11.6 Å². The fourth-order valence-electron chi connectivity index (χ4n) is 2.85.